The number of benzene rings is 1. The summed E-state index contributed by atoms with van der Waals surface area (Å²) in [6.45, 7) is 1.50. The van der Waals surface area contributed by atoms with Crippen LogP contribution in [0, 0.1) is 10.1 Å². The van der Waals surface area contributed by atoms with E-state index in [1.165, 1.54) is 13.0 Å². The van der Waals surface area contributed by atoms with E-state index in [1.807, 2.05) is 0 Å². The van der Waals surface area contributed by atoms with Crippen LogP contribution < -0.4 is 5.73 Å². The molecule has 14 heavy (non-hydrogen) atoms. The molecule has 1 aromatic rings. The standard InChI is InChI=1S/C9H12N2O3/c1-6(12)9(10)7-4-2-3-5-8(7)11(13)14/h2-6,9,12H,10H2,1H3/t6?,9-/m1/s1. The molecule has 5 nitrogen and oxygen atoms in total. The van der Waals surface area contributed by atoms with E-state index in [-0.39, 0.29) is 5.69 Å². The molecule has 76 valence electrons. The summed E-state index contributed by atoms with van der Waals surface area (Å²) in [5, 5.41) is 19.9. The second-order valence-corrected chi connectivity index (χ2v) is 3.08. The monoisotopic (exact) mass is 196 g/mol. The van der Waals surface area contributed by atoms with Gasteiger partial charge in [0.1, 0.15) is 0 Å². The zero-order valence-corrected chi connectivity index (χ0v) is 7.75. The molecule has 0 spiro atoms. The van der Waals surface area contributed by atoms with Crippen LogP contribution in [0.3, 0.4) is 0 Å². The number of para-hydroxylation sites is 1. The molecule has 0 amide bonds. The van der Waals surface area contributed by atoms with Crippen molar-refractivity contribution >= 4 is 5.69 Å². The molecule has 0 aliphatic heterocycles. The first-order chi connectivity index (χ1) is 6.54. The first kappa shape index (κ1) is 10.6. The van der Waals surface area contributed by atoms with Crippen LogP contribution in [0.5, 0.6) is 0 Å². The highest BCUT2D eigenvalue weighted by Crippen LogP contribution is 2.24. The van der Waals surface area contributed by atoms with Gasteiger partial charge in [-0.2, -0.15) is 0 Å². The molecule has 2 atom stereocenters. The van der Waals surface area contributed by atoms with Crippen molar-refractivity contribution in [2.45, 2.75) is 19.1 Å². The minimum Gasteiger partial charge on any atom is -0.391 e. The summed E-state index contributed by atoms with van der Waals surface area (Å²) in [6, 6.07) is 5.42. The maximum Gasteiger partial charge on any atom is 0.274 e. The van der Waals surface area contributed by atoms with E-state index in [0.717, 1.165) is 0 Å². The predicted molar refractivity (Wildman–Crippen MR) is 51.7 cm³/mol. The van der Waals surface area contributed by atoms with Crippen molar-refractivity contribution in [1.29, 1.82) is 0 Å². The Kier molecular flexibility index (Phi) is 3.16. The number of nitrogens with zero attached hydrogens (tertiary/aromatic N) is 1. The molecule has 0 bridgehead atoms. The predicted octanol–water partition coefficient (Wildman–Crippen LogP) is 0.975. The van der Waals surface area contributed by atoms with Gasteiger partial charge in [0.05, 0.1) is 17.1 Å². The average Bonchev–Trinajstić information content (AvgIpc) is 2.16. The van der Waals surface area contributed by atoms with Gasteiger partial charge < -0.3 is 10.8 Å². The summed E-state index contributed by atoms with van der Waals surface area (Å²) < 4.78 is 0. The molecule has 0 aliphatic rings. The van der Waals surface area contributed by atoms with Crippen molar-refractivity contribution in [1.82, 2.24) is 0 Å². The van der Waals surface area contributed by atoms with Crippen LogP contribution in [0.1, 0.15) is 18.5 Å². The molecule has 1 aromatic carbocycles. The fourth-order valence-corrected chi connectivity index (χ4v) is 1.20. The van der Waals surface area contributed by atoms with Crippen LogP contribution >= 0.6 is 0 Å². The fourth-order valence-electron chi connectivity index (χ4n) is 1.20. The molecule has 0 heterocycles. The van der Waals surface area contributed by atoms with Gasteiger partial charge in [-0.25, -0.2) is 0 Å². The van der Waals surface area contributed by atoms with Gasteiger partial charge in [-0.05, 0) is 6.92 Å². The Morgan fingerprint density at radius 2 is 2.07 bits per heavy atom. The number of aliphatic hydroxyl groups is 1. The zero-order chi connectivity index (χ0) is 10.7. The number of nitrogens with two attached hydrogens (primary N) is 1. The Labute approximate surface area is 81.3 Å². The molecule has 3 N–H and O–H groups in total. The number of hydrogen-bond acceptors (Lipinski definition) is 4. The average molecular weight is 196 g/mol. The Morgan fingerprint density at radius 3 is 2.57 bits per heavy atom. The third kappa shape index (κ3) is 2.07. The molecule has 1 rings (SSSR count). The van der Waals surface area contributed by atoms with Gasteiger partial charge in [-0.3, -0.25) is 10.1 Å². The summed E-state index contributed by atoms with van der Waals surface area (Å²) in [5.74, 6) is 0. The Balaban J connectivity index is 3.13. The molecule has 0 aromatic heterocycles. The normalized spacial score (nSPS) is 14.8. The largest absolute Gasteiger partial charge is 0.391 e. The summed E-state index contributed by atoms with van der Waals surface area (Å²) in [7, 11) is 0. The number of hydrogen-bond donors (Lipinski definition) is 2. The number of nitro benzene ring substituents is 1. The van der Waals surface area contributed by atoms with E-state index in [1.54, 1.807) is 18.2 Å². The van der Waals surface area contributed by atoms with Crippen LogP contribution in [0.25, 0.3) is 0 Å². The number of nitro groups is 1. The minimum atomic E-state index is -0.809. The summed E-state index contributed by atoms with van der Waals surface area (Å²) >= 11 is 0. The molecule has 0 saturated heterocycles. The van der Waals surface area contributed by atoms with Gasteiger partial charge in [0.15, 0.2) is 0 Å². The quantitative estimate of drug-likeness (QED) is 0.557. The molecule has 5 heteroatoms. The number of aliphatic hydroxyl groups excluding tert-OH is 1. The maximum atomic E-state index is 10.6. The van der Waals surface area contributed by atoms with E-state index in [2.05, 4.69) is 0 Å². The minimum absolute atomic E-state index is 0.0547. The smallest absolute Gasteiger partial charge is 0.274 e. The first-order valence-corrected chi connectivity index (χ1v) is 4.21. The van der Waals surface area contributed by atoms with Gasteiger partial charge in [0.25, 0.3) is 5.69 Å². The van der Waals surface area contributed by atoms with Crippen molar-refractivity contribution in [2.24, 2.45) is 5.73 Å². The lowest BCUT2D eigenvalue weighted by Gasteiger charge is -2.14. The third-order valence-electron chi connectivity index (χ3n) is 2.01. The van der Waals surface area contributed by atoms with Gasteiger partial charge >= 0.3 is 0 Å². The summed E-state index contributed by atoms with van der Waals surface area (Å²) in [5.41, 5.74) is 5.92. The van der Waals surface area contributed by atoms with Crippen LogP contribution in [0.15, 0.2) is 24.3 Å². The molecular weight excluding hydrogens is 184 g/mol. The van der Waals surface area contributed by atoms with Crippen LogP contribution in [0.4, 0.5) is 5.69 Å². The fraction of sp³-hybridized carbons (Fsp3) is 0.333. The van der Waals surface area contributed by atoms with E-state index in [4.69, 9.17) is 5.73 Å². The summed E-state index contributed by atoms with van der Waals surface area (Å²) in [6.07, 6.45) is -0.809. The first-order valence-electron chi connectivity index (χ1n) is 4.21. The maximum absolute atomic E-state index is 10.6. The Morgan fingerprint density at radius 1 is 1.50 bits per heavy atom. The molecule has 0 radical (unpaired) electrons. The van der Waals surface area contributed by atoms with E-state index < -0.39 is 17.1 Å². The zero-order valence-electron chi connectivity index (χ0n) is 7.75. The molecular formula is C9H12N2O3. The van der Waals surface area contributed by atoms with E-state index >= 15 is 0 Å². The van der Waals surface area contributed by atoms with Crippen molar-refractivity contribution in [3.8, 4) is 0 Å². The van der Waals surface area contributed by atoms with Crippen LogP contribution in [-0.2, 0) is 0 Å². The molecule has 0 aliphatic carbocycles. The molecule has 0 fully saturated rings. The Bertz CT molecular complexity index is 339. The van der Waals surface area contributed by atoms with Crippen molar-refractivity contribution < 1.29 is 10.0 Å². The van der Waals surface area contributed by atoms with Crippen LogP contribution in [-0.4, -0.2) is 16.1 Å². The lowest BCUT2D eigenvalue weighted by Crippen LogP contribution is -2.23. The van der Waals surface area contributed by atoms with Gasteiger partial charge in [0.2, 0.25) is 0 Å². The van der Waals surface area contributed by atoms with E-state index in [0.29, 0.717) is 5.56 Å². The van der Waals surface area contributed by atoms with Crippen molar-refractivity contribution in [3.05, 3.63) is 39.9 Å². The van der Waals surface area contributed by atoms with E-state index in [9.17, 15) is 15.2 Å². The highest BCUT2D eigenvalue weighted by molar-refractivity contribution is 5.42. The summed E-state index contributed by atoms with van der Waals surface area (Å²) in [4.78, 5) is 10.1. The second kappa shape index (κ2) is 4.17. The molecule has 1 unspecified atom stereocenters. The highest BCUT2D eigenvalue weighted by Gasteiger charge is 2.21. The third-order valence-corrected chi connectivity index (χ3v) is 2.01. The van der Waals surface area contributed by atoms with Crippen molar-refractivity contribution in [3.63, 3.8) is 0 Å². The van der Waals surface area contributed by atoms with Gasteiger partial charge in [0, 0.05) is 11.6 Å². The van der Waals surface area contributed by atoms with Crippen LogP contribution in [0.2, 0.25) is 0 Å². The lowest BCUT2D eigenvalue weighted by atomic mass is 10.0. The SMILES string of the molecule is CC(O)[C@@H](N)c1ccccc1[N+](=O)[O-]. The Hall–Kier alpha value is -1.46. The highest BCUT2D eigenvalue weighted by atomic mass is 16.6. The van der Waals surface area contributed by atoms with Gasteiger partial charge in [-0.15, -0.1) is 0 Å². The number of rotatable bonds is 3. The molecule has 0 saturated carbocycles. The lowest BCUT2D eigenvalue weighted by molar-refractivity contribution is -0.385. The van der Waals surface area contributed by atoms with Crippen molar-refractivity contribution in [2.75, 3.05) is 0 Å². The second-order valence-electron chi connectivity index (χ2n) is 3.08. The van der Waals surface area contributed by atoms with Gasteiger partial charge in [-0.1, -0.05) is 18.2 Å². The topological polar surface area (TPSA) is 89.4 Å².